The number of nitrogens with one attached hydrogen (secondary N) is 1. The van der Waals surface area contributed by atoms with Crippen LogP contribution in [0.25, 0.3) is 0 Å². The van der Waals surface area contributed by atoms with Gasteiger partial charge in [0.1, 0.15) is 0 Å². The van der Waals surface area contributed by atoms with Crippen LogP contribution in [0.15, 0.2) is 0 Å². The second-order valence-electron chi connectivity index (χ2n) is 6.40. The number of likely N-dealkylation sites (tertiary alicyclic amines) is 1. The molecule has 4 unspecified atom stereocenters. The molecule has 1 aliphatic heterocycles. The highest BCUT2D eigenvalue weighted by molar-refractivity contribution is 4.90. The molecule has 0 aromatic carbocycles. The van der Waals surface area contributed by atoms with Crippen molar-refractivity contribution in [3.05, 3.63) is 0 Å². The molecule has 0 bridgehead atoms. The number of nitrogens with zero attached hydrogens (tertiary/aromatic N) is 1. The largest absolute Gasteiger partial charge is 0.380 e. The van der Waals surface area contributed by atoms with Gasteiger partial charge < -0.3 is 10.1 Å². The van der Waals surface area contributed by atoms with Crippen LogP contribution in [0.2, 0.25) is 0 Å². The second-order valence-corrected chi connectivity index (χ2v) is 6.40. The van der Waals surface area contributed by atoms with Gasteiger partial charge in [0.2, 0.25) is 0 Å². The van der Waals surface area contributed by atoms with Crippen molar-refractivity contribution in [2.75, 3.05) is 26.7 Å². The average molecular weight is 268 g/mol. The molecule has 1 N–H and O–H groups in total. The van der Waals surface area contributed by atoms with Gasteiger partial charge in [0.05, 0.1) is 6.10 Å². The fourth-order valence-electron chi connectivity index (χ4n) is 3.89. The highest BCUT2D eigenvalue weighted by Gasteiger charge is 2.34. The summed E-state index contributed by atoms with van der Waals surface area (Å²) < 4.78 is 5.69. The molecule has 1 saturated heterocycles. The van der Waals surface area contributed by atoms with E-state index < -0.39 is 0 Å². The third-order valence-electron chi connectivity index (χ3n) is 5.14. The molecule has 1 aliphatic carbocycles. The lowest BCUT2D eigenvalue weighted by Gasteiger charge is -2.43. The van der Waals surface area contributed by atoms with Crippen LogP contribution in [0.1, 0.15) is 52.4 Å². The van der Waals surface area contributed by atoms with Crippen LogP contribution < -0.4 is 5.32 Å². The SMILES string of the molecule is CCNC1CCCCCC1N1CCC(C)C(OC)C1. The third-order valence-corrected chi connectivity index (χ3v) is 5.14. The summed E-state index contributed by atoms with van der Waals surface area (Å²) in [5, 5.41) is 3.73. The minimum atomic E-state index is 0.430. The predicted molar refractivity (Wildman–Crippen MR) is 80.5 cm³/mol. The third kappa shape index (κ3) is 3.93. The first-order chi connectivity index (χ1) is 9.26. The van der Waals surface area contributed by atoms with Crippen molar-refractivity contribution >= 4 is 0 Å². The van der Waals surface area contributed by atoms with Crippen molar-refractivity contribution in [1.82, 2.24) is 10.2 Å². The Balaban J connectivity index is 1.99. The molecule has 3 heteroatoms. The van der Waals surface area contributed by atoms with E-state index in [1.165, 1.54) is 45.1 Å². The standard InChI is InChI=1S/C16H32N2O/c1-4-17-14-8-6-5-7-9-15(14)18-11-10-13(2)16(12-18)19-3/h13-17H,4-12H2,1-3H3. The van der Waals surface area contributed by atoms with E-state index in [1.54, 1.807) is 0 Å². The van der Waals surface area contributed by atoms with Gasteiger partial charge in [0, 0.05) is 25.7 Å². The van der Waals surface area contributed by atoms with Gasteiger partial charge in [0.25, 0.3) is 0 Å². The molecule has 112 valence electrons. The van der Waals surface area contributed by atoms with Gasteiger partial charge in [-0.25, -0.2) is 0 Å². The maximum absolute atomic E-state index is 5.69. The van der Waals surface area contributed by atoms with Crippen LogP contribution in [0.3, 0.4) is 0 Å². The molecule has 0 radical (unpaired) electrons. The number of piperidine rings is 1. The van der Waals surface area contributed by atoms with E-state index in [4.69, 9.17) is 4.74 Å². The van der Waals surface area contributed by atoms with E-state index in [-0.39, 0.29) is 0 Å². The van der Waals surface area contributed by atoms with Crippen LogP contribution in [-0.4, -0.2) is 49.8 Å². The molecular formula is C16H32N2O. The Morgan fingerprint density at radius 1 is 1.16 bits per heavy atom. The highest BCUT2D eigenvalue weighted by atomic mass is 16.5. The van der Waals surface area contributed by atoms with E-state index in [1.807, 2.05) is 7.11 Å². The summed E-state index contributed by atoms with van der Waals surface area (Å²) in [6, 6.07) is 1.42. The summed E-state index contributed by atoms with van der Waals surface area (Å²) in [7, 11) is 1.87. The quantitative estimate of drug-likeness (QED) is 0.793. The summed E-state index contributed by atoms with van der Waals surface area (Å²) in [4.78, 5) is 2.72. The zero-order valence-electron chi connectivity index (χ0n) is 13.0. The fourth-order valence-corrected chi connectivity index (χ4v) is 3.89. The van der Waals surface area contributed by atoms with Crippen LogP contribution >= 0.6 is 0 Å². The Kier molecular flexibility index (Phi) is 6.11. The number of hydrogen-bond acceptors (Lipinski definition) is 3. The highest BCUT2D eigenvalue weighted by Crippen LogP contribution is 2.27. The van der Waals surface area contributed by atoms with E-state index in [9.17, 15) is 0 Å². The van der Waals surface area contributed by atoms with Gasteiger partial charge in [-0.3, -0.25) is 4.90 Å². The Hall–Kier alpha value is -0.120. The number of likely N-dealkylation sites (N-methyl/N-ethyl adjacent to an activating group) is 1. The lowest BCUT2D eigenvalue weighted by atomic mass is 9.92. The maximum atomic E-state index is 5.69. The number of hydrogen-bond donors (Lipinski definition) is 1. The first-order valence-electron chi connectivity index (χ1n) is 8.26. The molecular weight excluding hydrogens is 236 g/mol. The molecule has 0 amide bonds. The van der Waals surface area contributed by atoms with E-state index in [0.29, 0.717) is 18.1 Å². The van der Waals surface area contributed by atoms with Crippen molar-refractivity contribution < 1.29 is 4.74 Å². The van der Waals surface area contributed by atoms with Crippen molar-refractivity contribution in [1.29, 1.82) is 0 Å². The number of methoxy groups -OCH3 is 1. The topological polar surface area (TPSA) is 24.5 Å². The molecule has 0 aromatic heterocycles. The van der Waals surface area contributed by atoms with Crippen LogP contribution in [-0.2, 0) is 4.74 Å². The summed E-state index contributed by atoms with van der Waals surface area (Å²) in [6.45, 7) is 8.05. The van der Waals surface area contributed by atoms with Gasteiger partial charge in [-0.1, -0.05) is 33.1 Å². The molecule has 1 heterocycles. The minimum Gasteiger partial charge on any atom is -0.380 e. The van der Waals surface area contributed by atoms with Crippen molar-refractivity contribution in [2.45, 2.75) is 70.6 Å². The average Bonchev–Trinajstić information content (AvgIpc) is 2.65. The predicted octanol–water partition coefficient (Wildman–Crippen LogP) is 2.65. The molecule has 2 fully saturated rings. The fraction of sp³-hybridized carbons (Fsp3) is 1.00. The molecule has 1 saturated carbocycles. The van der Waals surface area contributed by atoms with E-state index in [0.717, 1.165) is 19.1 Å². The molecule has 0 spiro atoms. The van der Waals surface area contributed by atoms with Gasteiger partial charge in [-0.15, -0.1) is 0 Å². The summed E-state index contributed by atoms with van der Waals surface area (Å²) >= 11 is 0. The van der Waals surface area contributed by atoms with Crippen molar-refractivity contribution in [3.8, 4) is 0 Å². The zero-order valence-corrected chi connectivity index (χ0v) is 13.0. The smallest absolute Gasteiger partial charge is 0.0724 e. The molecule has 4 atom stereocenters. The number of ether oxygens (including phenoxy) is 1. The monoisotopic (exact) mass is 268 g/mol. The molecule has 0 aromatic rings. The van der Waals surface area contributed by atoms with Crippen LogP contribution in [0.5, 0.6) is 0 Å². The molecule has 19 heavy (non-hydrogen) atoms. The summed E-state index contributed by atoms with van der Waals surface area (Å²) in [6.07, 6.45) is 8.64. The maximum Gasteiger partial charge on any atom is 0.0724 e. The minimum absolute atomic E-state index is 0.430. The Bertz CT molecular complexity index is 259. The molecule has 2 rings (SSSR count). The van der Waals surface area contributed by atoms with Crippen molar-refractivity contribution in [2.24, 2.45) is 5.92 Å². The van der Waals surface area contributed by atoms with Crippen molar-refractivity contribution in [3.63, 3.8) is 0 Å². The van der Waals surface area contributed by atoms with Crippen LogP contribution in [0.4, 0.5) is 0 Å². The van der Waals surface area contributed by atoms with Gasteiger partial charge in [-0.05, 0) is 38.3 Å². The Morgan fingerprint density at radius 3 is 2.68 bits per heavy atom. The second kappa shape index (κ2) is 7.61. The Morgan fingerprint density at radius 2 is 1.95 bits per heavy atom. The van der Waals surface area contributed by atoms with E-state index >= 15 is 0 Å². The lowest BCUT2D eigenvalue weighted by molar-refractivity contribution is -0.0255. The summed E-state index contributed by atoms with van der Waals surface area (Å²) in [5.41, 5.74) is 0. The first-order valence-corrected chi connectivity index (χ1v) is 8.26. The lowest BCUT2D eigenvalue weighted by Crippen LogP contribution is -2.55. The number of rotatable bonds is 4. The zero-order chi connectivity index (χ0) is 13.7. The first kappa shape index (κ1) is 15.3. The molecule has 2 aliphatic rings. The summed E-state index contributed by atoms with van der Waals surface area (Å²) in [5.74, 6) is 0.713. The van der Waals surface area contributed by atoms with Gasteiger partial charge in [0.15, 0.2) is 0 Å². The van der Waals surface area contributed by atoms with Gasteiger partial charge >= 0.3 is 0 Å². The van der Waals surface area contributed by atoms with E-state index in [2.05, 4.69) is 24.1 Å². The molecule has 3 nitrogen and oxygen atoms in total. The normalized spacial score (nSPS) is 38.1. The van der Waals surface area contributed by atoms with Crippen LogP contribution in [0, 0.1) is 5.92 Å². The Labute approximate surface area is 119 Å². The van der Waals surface area contributed by atoms with Gasteiger partial charge in [-0.2, -0.15) is 0 Å².